The molecule has 2 heterocycles. The number of hydrogen-bond acceptors (Lipinski definition) is 4. The van der Waals surface area contributed by atoms with Crippen LogP contribution in [0.2, 0.25) is 0 Å². The maximum absolute atomic E-state index is 6.08. The fourth-order valence-corrected chi connectivity index (χ4v) is 3.25. The summed E-state index contributed by atoms with van der Waals surface area (Å²) < 4.78 is 6.38. The van der Waals surface area contributed by atoms with Crippen LogP contribution in [0, 0.1) is 5.92 Å². The van der Waals surface area contributed by atoms with Crippen molar-refractivity contribution in [2.24, 2.45) is 5.92 Å². The molecule has 2 N–H and O–H groups in total. The Balaban J connectivity index is 1.90. The van der Waals surface area contributed by atoms with E-state index >= 15 is 0 Å². The summed E-state index contributed by atoms with van der Waals surface area (Å²) in [6, 6.07) is 6.06. The molecule has 5 heteroatoms. The van der Waals surface area contributed by atoms with Gasteiger partial charge in [-0.3, -0.25) is 4.98 Å². The highest BCUT2D eigenvalue weighted by Crippen LogP contribution is 2.31. The van der Waals surface area contributed by atoms with Crippen LogP contribution < -0.4 is 10.6 Å². The molecule has 0 unspecified atom stereocenters. The Morgan fingerprint density at radius 3 is 2.90 bits per heavy atom. The van der Waals surface area contributed by atoms with Gasteiger partial charge in [-0.25, -0.2) is 0 Å². The Morgan fingerprint density at radius 1 is 1.38 bits per heavy atom. The summed E-state index contributed by atoms with van der Waals surface area (Å²) in [5.74, 6) is 0.687. The zero-order valence-corrected chi connectivity index (χ0v) is 13.8. The van der Waals surface area contributed by atoms with E-state index in [0.29, 0.717) is 5.92 Å². The van der Waals surface area contributed by atoms with Gasteiger partial charge in [0.25, 0.3) is 0 Å². The van der Waals surface area contributed by atoms with Crippen LogP contribution in [0.3, 0.4) is 0 Å². The first kappa shape index (κ1) is 14.6. The van der Waals surface area contributed by atoms with E-state index in [4.69, 9.17) is 10.5 Å². The molecule has 1 aromatic heterocycles. The number of benzene rings is 1. The smallest absolute Gasteiger partial charge is 0.0956 e. The highest BCUT2D eigenvalue weighted by Gasteiger charge is 2.18. The summed E-state index contributed by atoms with van der Waals surface area (Å²) in [5.41, 5.74) is 8.95. The van der Waals surface area contributed by atoms with Gasteiger partial charge in [0.15, 0.2) is 0 Å². The normalized spacial score (nSPS) is 16.3. The van der Waals surface area contributed by atoms with E-state index < -0.39 is 0 Å². The van der Waals surface area contributed by atoms with Crippen molar-refractivity contribution >= 4 is 38.2 Å². The van der Waals surface area contributed by atoms with Gasteiger partial charge in [0, 0.05) is 48.5 Å². The van der Waals surface area contributed by atoms with Crippen molar-refractivity contribution in [2.45, 2.75) is 12.8 Å². The van der Waals surface area contributed by atoms with Gasteiger partial charge in [-0.05, 0) is 52.9 Å². The number of nitrogen functional groups attached to an aromatic ring is 1. The first-order valence-corrected chi connectivity index (χ1v) is 8.07. The average molecular weight is 350 g/mol. The van der Waals surface area contributed by atoms with E-state index in [9.17, 15) is 0 Å². The summed E-state index contributed by atoms with van der Waals surface area (Å²) in [7, 11) is 2.13. The number of fused-ring (bicyclic) bond motifs is 1. The molecule has 0 aliphatic carbocycles. The number of nitrogens with zero attached hydrogens (tertiary/aromatic N) is 2. The summed E-state index contributed by atoms with van der Waals surface area (Å²) >= 11 is 3.46. The second kappa shape index (κ2) is 6.20. The molecular weight excluding hydrogens is 330 g/mol. The maximum Gasteiger partial charge on any atom is 0.0956 e. The summed E-state index contributed by atoms with van der Waals surface area (Å²) in [6.07, 6.45) is 4.10. The minimum absolute atomic E-state index is 0.687. The van der Waals surface area contributed by atoms with E-state index in [1.54, 1.807) is 0 Å². The number of aromatic nitrogens is 1. The molecule has 21 heavy (non-hydrogen) atoms. The van der Waals surface area contributed by atoms with Crippen molar-refractivity contribution in [1.29, 1.82) is 0 Å². The van der Waals surface area contributed by atoms with E-state index in [1.165, 1.54) is 0 Å². The van der Waals surface area contributed by atoms with Crippen molar-refractivity contribution in [3.63, 3.8) is 0 Å². The van der Waals surface area contributed by atoms with Crippen LogP contribution in [0.15, 0.2) is 28.9 Å². The molecule has 1 saturated heterocycles. The quantitative estimate of drug-likeness (QED) is 0.862. The van der Waals surface area contributed by atoms with Crippen molar-refractivity contribution in [1.82, 2.24) is 4.98 Å². The number of hydrogen-bond donors (Lipinski definition) is 1. The number of nitrogens with two attached hydrogens (primary N) is 1. The highest BCUT2D eigenvalue weighted by atomic mass is 79.9. The molecule has 4 nitrogen and oxygen atoms in total. The Bertz CT molecular complexity index is 641. The minimum Gasteiger partial charge on any atom is -0.398 e. The maximum atomic E-state index is 6.08. The minimum atomic E-state index is 0.687. The molecule has 0 radical (unpaired) electrons. The van der Waals surface area contributed by atoms with Gasteiger partial charge in [-0.2, -0.15) is 0 Å². The summed E-state index contributed by atoms with van der Waals surface area (Å²) in [4.78, 5) is 6.85. The van der Waals surface area contributed by atoms with Crippen molar-refractivity contribution < 1.29 is 4.74 Å². The predicted molar refractivity (Wildman–Crippen MR) is 90.7 cm³/mol. The molecule has 2 aromatic rings. The van der Waals surface area contributed by atoms with Gasteiger partial charge >= 0.3 is 0 Å². The lowest BCUT2D eigenvalue weighted by molar-refractivity contribution is 0.0685. The predicted octanol–water partition coefficient (Wildman–Crippen LogP) is 3.44. The molecule has 0 spiro atoms. The summed E-state index contributed by atoms with van der Waals surface area (Å²) in [6.45, 7) is 2.79. The first-order chi connectivity index (χ1) is 10.1. The largest absolute Gasteiger partial charge is 0.398 e. The fraction of sp³-hybridized carbons (Fsp3) is 0.438. The molecule has 1 aliphatic heterocycles. The summed E-state index contributed by atoms with van der Waals surface area (Å²) in [5, 5.41) is 1.00. The zero-order valence-electron chi connectivity index (χ0n) is 12.2. The lowest BCUT2D eigenvalue weighted by Crippen LogP contribution is -2.29. The third-order valence-corrected chi connectivity index (χ3v) is 4.55. The van der Waals surface area contributed by atoms with Gasteiger partial charge in [-0.1, -0.05) is 0 Å². The second-order valence-corrected chi connectivity index (χ2v) is 6.58. The molecule has 0 amide bonds. The number of halogens is 1. The van der Waals surface area contributed by atoms with Gasteiger partial charge in [0.2, 0.25) is 0 Å². The van der Waals surface area contributed by atoms with Gasteiger partial charge in [-0.15, -0.1) is 0 Å². The third kappa shape index (κ3) is 3.14. The SMILES string of the molecule is CN(CC1CCOCC1)c1ccc(N)c2cc(Br)cnc12. The Morgan fingerprint density at radius 2 is 2.14 bits per heavy atom. The molecule has 1 fully saturated rings. The second-order valence-electron chi connectivity index (χ2n) is 5.66. The van der Waals surface area contributed by atoms with Crippen LogP contribution in [0.5, 0.6) is 0 Å². The Kier molecular flexibility index (Phi) is 4.31. The van der Waals surface area contributed by atoms with Crippen LogP contribution in [0.1, 0.15) is 12.8 Å². The topological polar surface area (TPSA) is 51.4 Å². The van der Waals surface area contributed by atoms with E-state index in [1.807, 2.05) is 18.3 Å². The molecule has 112 valence electrons. The average Bonchev–Trinajstić information content (AvgIpc) is 2.49. The van der Waals surface area contributed by atoms with E-state index in [-0.39, 0.29) is 0 Å². The Hall–Kier alpha value is -1.33. The fourth-order valence-electron chi connectivity index (χ4n) is 2.92. The number of rotatable bonds is 3. The van der Waals surface area contributed by atoms with Crippen molar-refractivity contribution in [3.05, 3.63) is 28.9 Å². The van der Waals surface area contributed by atoms with Gasteiger partial charge in [0.05, 0.1) is 11.2 Å². The third-order valence-electron chi connectivity index (χ3n) is 4.11. The molecule has 0 atom stereocenters. The molecule has 0 bridgehead atoms. The first-order valence-electron chi connectivity index (χ1n) is 7.28. The van der Waals surface area contributed by atoms with E-state index in [0.717, 1.165) is 59.4 Å². The lowest BCUT2D eigenvalue weighted by Gasteiger charge is -2.29. The highest BCUT2D eigenvalue weighted by molar-refractivity contribution is 9.10. The van der Waals surface area contributed by atoms with Crippen molar-refractivity contribution in [2.75, 3.05) is 37.4 Å². The molecular formula is C16H20BrN3O. The van der Waals surface area contributed by atoms with Crippen LogP contribution in [-0.2, 0) is 4.74 Å². The lowest BCUT2D eigenvalue weighted by atomic mass is 9.99. The van der Waals surface area contributed by atoms with E-state index in [2.05, 4.69) is 38.9 Å². The standard InChI is InChI=1S/C16H20BrN3O/c1-20(10-11-4-6-21-7-5-11)15-3-2-14(18)13-8-12(17)9-19-16(13)15/h2-3,8-9,11H,4-7,10,18H2,1H3. The number of anilines is 2. The number of ether oxygens (including phenoxy) is 1. The van der Waals surface area contributed by atoms with Crippen LogP contribution in [-0.4, -0.2) is 31.8 Å². The molecule has 1 aliphatic rings. The monoisotopic (exact) mass is 349 g/mol. The van der Waals surface area contributed by atoms with Crippen molar-refractivity contribution in [3.8, 4) is 0 Å². The number of pyridine rings is 1. The van der Waals surface area contributed by atoms with Crippen LogP contribution in [0.4, 0.5) is 11.4 Å². The van der Waals surface area contributed by atoms with Gasteiger partial charge < -0.3 is 15.4 Å². The molecule has 3 rings (SSSR count). The zero-order chi connectivity index (χ0) is 14.8. The Labute approximate surface area is 133 Å². The van der Waals surface area contributed by atoms with Gasteiger partial charge in [0.1, 0.15) is 0 Å². The van der Waals surface area contributed by atoms with Crippen LogP contribution >= 0.6 is 15.9 Å². The van der Waals surface area contributed by atoms with Crippen LogP contribution in [0.25, 0.3) is 10.9 Å². The molecule has 1 aromatic carbocycles. The molecule has 0 saturated carbocycles.